The van der Waals surface area contributed by atoms with Crippen LogP contribution in [0.2, 0.25) is 0 Å². The van der Waals surface area contributed by atoms with Crippen LogP contribution >= 0.6 is 0 Å². The van der Waals surface area contributed by atoms with Crippen LogP contribution in [-0.4, -0.2) is 5.91 Å². The molecule has 1 amide bonds. The van der Waals surface area contributed by atoms with Crippen molar-refractivity contribution in [2.45, 2.75) is 12.8 Å². The highest BCUT2D eigenvalue weighted by Crippen LogP contribution is 2.18. The van der Waals surface area contributed by atoms with Gasteiger partial charge in [-0.2, -0.15) is 5.26 Å². The summed E-state index contributed by atoms with van der Waals surface area (Å²) in [5.41, 5.74) is 7.34. The SMILES string of the molecule is N#Cc1c(F)cccc1NC(=O)CCc1ccccc1N. The fourth-order valence-electron chi connectivity index (χ4n) is 1.96. The molecule has 2 aromatic carbocycles. The standard InChI is InChI=1S/C16H14FN3O/c17-13-5-3-7-15(12(13)10-18)20-16(21)9-8-11-4-1-2-6-14(11)19/h1-7H,8-9,19H2,(H,20,21). The van der Waals surface area contributed by atoms with Crippen molar-refractivity contribution >= 4 is 17.3 Å². The maximum Gasteiger partial charge on any atom is 0.224 e. The van der Waals surface area contributed by atoms with Crippen molar-refractivity contribution in [1.82, 2.24) is 0 Å². The van der Waals surface area contributed by atoms with Gasteiger partial charge in [-0.25, -0.2) is 4.39 Å². The average molecular weight is 283 g/mol. The monoisotopic (exact) mass is 283 g/mol. The first-order valence-electron chi connectivity index (χ1n) is 6.43. The van der Waals surface area contributed by atoms with E-state index >= 15 is 0 Å². The lowest BCUT2D eigenvalue weighted by atomic mass is 10.1. The summed E-state index contributed by atoms with van der Waals surface area (Å²) in [6.45, 7) is 0. The number of hydrogen-bond donors (Lipinski definition) is 2. The highest BCUT2D eigenvalue weighted by molar-refractivity contribution is 5.92. The number of nitrogens with zero attached hydrogens (tertiary/aromatic N) is 1. The highest BCUT2D eigenvalue weighted by Gasteiger charge is 2.11. The van der Waals surface area contributed by atoms with Crippen LogP contribution in [0.25, 0.3) is 0 Å². The van der Waals surface area contributed by atoms with Gasteiger partial charge >= 0.3 is 0 Å². The Morgan fingerprint density at radius 1 is 1.24 bits per heavy atom. The van der Waals surface area contributed by atoms with Gasteiger partial charge in [0.25, 0.3) is 0 Å². The molecule has 0 unspecified atom stereocenters. The molecule has 0 fully saturated rings. The van der Waals surface area contributed by atoms with E-state index < -0.39 is 5.82 Å². The summed E-state index contributed by atoms with van der Waals surface area (Å²) < 4.78 is 13.4. The predicted octanol–water partition coefficient (Wildman–Crippen LogP) is 2.85. The Morgan fingerprint density at radius 2 is 2.00 bits per heavy atom. The summed E-state index contributed by atoms with van der Waals surface area (Å²) in [6.07, 6.45) is 0.686. The van der Waals surface area contributed by atoms with Gasteiger partial charge in [0.1, 0.15) is 17.4 Å². The number of aryl methyl sites for hydroxylation is 1. The zero-order valence-corrected chi connectivity index (χ0v) is 11.3. The second-order valence-corrected chi connectivity index (χ2v) is 4.52. The predicted molar refractivity (Wildman–Crippen MR) is 78.9 cm³/mol. The van der Waals surface area contributed by atoms with Crippen molar-refractivity contribution < 1.29 is 9.18 Å². The van der Waals surface area contributed by atoms with E-state index in [1.54, 1.807) is 12.1 Å². The lowest BCUT2D eigenvalue weighted by Gasteiger charge is -2.08. The number of carbonyl (C=O) groups excluding carboxylic acids is 1. The van der Waals surface area contributed by atoms with Gasteiger partial charge in [0.15, 0.2) is 0 Å². The van der Waals surface area contributed by atoms with Crippen LogP contribution < -0.4 is 11.1 Å². The summed E-state index contributed by atoms with van der Waals surface area (Å²) in [5.74, 6) is -0.942. The van der Waals surface area contributed by atoms with E-state index in [0.717, 1.165) is 5.56 Å². The van der Waals surface area contributed by atoms with E-state index in [1.165, 1.54) is 18.2 Å². The Hall–Kier alpha value is -2.87. The van der Waals surface area contributed by atoms with Gasteiger partial charge in [0.05, 0.1) is 5.69 Å². The number of halogens is 1. The quantitative estimate of drug-likeness (QED) is 0.847. The Kier molecular flexibility index (Phi) is 4.52. The molecule has 2 aromatic rings. The summed E-state index contributed by atoms with van der Waals surface area (Å²) in [6, 6.07) is 13.2. The van der Waals surface area contributed by atoms with Crippen molar-refractivity contribution in [3.63, 3.8) is 0 Å². The summed E-state index contributed by atoms with van der Waals surface area (Å²) in [7, 11) is 0. The summed E-state index contributed by atoms with van der Waals surface area (Å²) >= 11 is 0. The number of amides is 1. The molecule has 0 spiro atoms. The summed E-state index contributed by atoms with van der Waals surface area (Å²) in [4.78, 5) is 11.9. The first-order valence-corrected chi connectivity index (χ1v) is 6.43. The number of para-hydroxylation sites is 1. The second-order valence-electron chi connectivity index (χ2n) is 4.52. The molecule has 0 aromatic heterocycles. The normalized spacial score (nSPS) is 9.90. The van der Waals surface area contributed by atoms with Gasteiger partial charge in [-0.15, -0.1) is 0 Å². The summed E-state index contributed by atoms with van der Waals surface area (Å²) in [5, 5.41) is 11.4. The van der Waals surface area contributed by atoms with Crippen molar-refractivity contribution in [1.29, 1.82) is 5.26 Å². The van der Waals surface area contributed by atoms with E-state index in [1.807, 2.05) is 18.2 Å². The topological polar surface area (TPSA) is 78.9 Å². The fraction of sp³-hybridized carbons (Fsp3) is 0.125. The third-order valence-corrected chi connectivity index (χ3v) is 3.08. The molecule has 0 aliphatic rings. The molecule has 0 bridgehead atoms. The molecular weight excluding hydrogens is 269 g/mol. The zero-order chi connectivity index (χ0) is 15.2. The van der Waals surface area contributed by atoms with Crippen molar-refractivity contribution in [2.75, 3.05) is 11.1 Å². The molecule has 0 aliphatic heterocycles. The van der Waals surface area contributed by atoms with Crippen LogP contribution in [0.1, 0.15) is 17.5 Å². The third kappa shape index (κ3) is 3.57. The number of rotatable bonds is 4. The minimum atomic E-state index is -0.650. The number of carbonyl (C=O) groups is 1. The molecule has 5 heteroatoms. The van der Waals surface area contributed by atoms with Gasteiger partial charge in [-0.1, -0.05) is 24.3 Å². The molecule has 4 nitrogen and oxygen atoms in total. The third-order valence-electron chi connectivity index (χ3n) is 3.08. The molecule has 0 saturated heterocycles. The maximum absolute atomic E-state index is 13.4. The second kappa shape index (κ2) is 6.53. The molecule has 0 radical (unpaired) electrons. The molecule has 0 aliphatic carbocycles. The first kappa shape index (κ1) is 14.5. The van der Waals surface area contributed by atoms with Crippen LogP contribution in [0.15, 0.2) is 42.5 Å². The van der Waals surface area contributed by atoms with Gasteiger partial charge < -0.3 is 11.1 Å². The Morgan fingerprint density at radius 3 is 2.71 bits per heavy atom. The molecule has 0 heterocycles. The number of nitrogens with one attached hydrogen (secondary N) is 1. The minimum absolute atomic E-state index is 0.162. The van der Waals surface area contributed by atoms with Crippen molar-refractivity contribution in [3.8, 4) is 6.07 Å². The smallest absolute Gasteiger partial charge is 0.224 e. The lowest BCUT2D eigenvalue weighted by Crippen LogP contribution is -2.14. The Labute approximate surface area is 122 Å². The molecule has 0 saturated carbocycles. The number of anilines is 2. The molecule has 106 valence electrons. The first-order chi connectivity index (χ1) is 10.1. The van der Waals surface area contributed by atoms with Crippen LogP contribution in [0.5, 0.6) is 0 Å². The zero-order valence-electron chi connectivity index (χ0n) is 11.3. The van der Waals surface area contributed by atoms with E-state index in [9.17, 15) is 9.18 Å². The van der Waals surface area contributed by atoms with Crippen molar-refractivity contribution in [3.05, 3.63) is 59.4 Å². The molecule has 2 rings (SSSR count). The molecule has 21 heavy (non-hydrogen) atoms. The van der Waals surface area contributed by atoms with E-state index in [0.29, 0.717) is 12.1 Å². The van der Waals surface area contributed by atoms with Gasteiger partial charge in [-0.3, -0.25) is 4.79 Å². The average Bonchev–Trinajstić information content (AvgIpc) is 2.47. The van der Waals surface area contributed by atoms with Gasteiger partial charge in [0, 0.05) is 12.1 Å². The number of benzene rings is 2. The van der Waals surface area contributed by atoms with Crippen LogP contribution in [0, 0.1) is 17.1 Å². The molecule has 3 N–H and O–H groups in total. The Bertz CT molecular complexity index is 707. The lowest BCUT2D eigenvalue weighted by molar-refractivity contribution is -0.116. The van der Waals surface area contributed by atoms with Crippen LogP contribution in [0.3, 0.4) is 0 Å². The van der Waals surface area contributed by atoms with Crippen LogP contribution in [-0.2, 0) is 11.2 Å². The number of hydrogen-bond acceptors (Lipinski definition) is 3. The van der Waals surface area contributed by atoms with E-state index in [4.69, 9.17) is 11.0 Å². The fourth-order valence-corrected chi connectivity index (χ4v) is 1.96. The molecule has 0 atom stereocenters. The molecular formula is C16H14FN3O. The Balaban J connectivity index is 2.02. The van der Waals surface area contributed by atoms with Crippen LogP contribution in [0.4, 0.5) is 15.8 Å². The number of nitriles is 1. The van der Waals surface area contributed by atoms with E-state index in [-0.39, 0.29) is 23.6 Å². The maximum atomic E-state index is 13.4. The number of nitrogens with two attached hydrogens (primary N) is 1. The van der Waals surface area contributed by atoms with Crippen molar-refractivity contribution in [2.24, 2.45) is 0 Å². The minimum Gasteiger partial charge on any atom is -0.399 e. The van der Waals surface area contributed by atoms with Gasteiger partial charge in [0.2, 0.25) is 5.91 Å². The van der Waals surface area contributed by atoms with E-state index in [2.05, 4.69) is 5.32 Å². The van der Waals surface area contributed by atoms with Gasteiger partial charge in [-0.05, 0) is 30.2 Å². The number of nitrogen functional groups attached to an aromatic ring is 1. The largest absolute Gasteiger partial charge is 0.399 e. The highest BCUT2D eigenvalue weighted by atomic mass is 19.1.